The second-order valence-corrected chi connectivity index (χ2v) is 7.96. The van der Waals surface area contributed by atoms with Gasteiger partial charge in [0.1, 0.15) is 5.82 Å². The molecule has 2 fully saturated rings. The number of piperazine rings is 1. The van der Waals surface area contributed by atoms with E-state index >= 15 is 0 Å². The molecule has 2 heterocycles. The zero-order valence-electron chi connectivity index (χ0n) is 16.5. The average molecular weight is 379 g/mol. The quantitative estimate of drug-likeness (QED) is 0.866. The number of aromatic nitrogens is 1. The molecule has 0 unspecified atom stereocenters. The molecule has 1 aliphatic heterocycles. The molecule has 0 spiro atoms. The molecule has 2 aromatic rings. The van der Waals surface area contributed by atoms with E-state index in [1.807, 2.05) is 12.1 Å². The second-order valence-electron chi connectivity index (χ2n) is 7.96. The molecule has 4 rings (SSSR count). The van der Waals surface area contributed by atoms with Crippen molar-refractivity contribution in [1.82, 2.24) is 15.2 Å². The molecule has 2 aliphatic rings. The Kier molecular flexibility index (Phi) is 6.22. The Balaban J connectivity index is 1.32. The van der Waals surface area contributed by atoms with E-state index in [9.17, 15) is 4.79 Å². The van der Waals surface area contributed by atoms with Gasteiger partial charge in [0, 0.05) is 50.5 Å². The molecule has 0 atom stereocenters. The van der Waals surface area contributed by atoms with Crippen molar-refractivity contribution in [2.24, 2.45) is 0 Å². The van der Waals surface area contributed by atoms with E-state index in [-0.39, 0.29) is 5.91 Å². The number of carbonyl (C=O) groups excluding carboxylic acids is 1. The minimum atomic E-state index is 0.0401. The Morgan fingerprint density at radius 3 is 2.50 bits per heavy atom. The number of hydrogen-bond donors (Lipinski definition) is 1. The number of benzene rings is 1. The Morgan fingerprint density at radius 1 is 1.00 bits per heavy atom. The summed E-state index contributed by atoms with van der Waals surface area (Å²) >= 11 is 0. The number of hydrogen-bond acceptors (Lipinski definition) is 4. The maximum atomic E-state index is 12.6. The molecule has 0 radical (unpaired) electrons. The minimum Gasteiger partial charge on any atom is -0.354 e. The predicted octanol–water partition coefficient (Wildman–Crippen LogP) is 3.47. The van der Waals surface area contributed by atoms with Crippen LogP contribution in [0.2, 0.25) is 0 Å². The van der Waals surface area contributed by atoms with Gasteiger partial charge < -0.3 is 10.2 Å². The van der Waals surface area contributed by atoms with Crippen LogP contribution in [0.1, 0.15) is 48.0 Å². The summed E-state index contributed by atoms with van der Waals surface area (Å²) in [4.78, 5) is 21.9. The van der Waals surface area contributed by atoms with Gasteiger partial charge in [0.2, 0.25) is 0 Å². The van der Waals surface area contributed by atoms with Crippen molar-refractivity contribution >= 4 is 11.7 Å². The van der Waals surface area contributed by atoms with Crippen LogP contribution in [-0.4, -0.2) is 48.0 Å². The third kappa shape index (κ3) is 4.90. The van der Waals surface area contributed by atoms with Crippen LogP contribution in [-0.2, 0) is 6.54 Å². The summed E-state index contributed by atoms with van der Waals surface area (Å²) in [5.41, 5.74) is 2.08. The van der Waals surface area contributed by atoms with Crippen LogP contribution >= 0.6 is 0 Å². The second kappa shape index (κ2) is 9.20. The number of amides is 1. The smallest absolute Gasteiger partial charge is 0.251 e. The third-order valence-corrected chi connectivity index (χ3v) is 5.89. The number of carbonyl (C=O) groups is 1. The number of nitrogens with one attached hydrogen (secondary N) is 1. The van der Waals surface area contributed by atoms with Gasteiger partial charge in [-0.1, -0.05) is 49.6 Å². The summed E-state index contributed by atoms with van der Waals surface area (Å²) in [5, 5.41) is 3.21. The standard InChI is InChI=1S/C23H30N4O/c28-23(25-21-9-5-2-6-10-21)20-11-12-24-22(17-20)27-15-13-26(14-16-27)18-19-7-3-1-4-8-19/h1,3-4,7-8,11-12,17,21H,2,5-6,9-10,13-16,18H2,(H,25,28). The fourth-order valence-corrected chi connectivity index (χ4v) is 4.22. The summed E-state index contributed by atoms with van der Waals surface area (Å²) in [7, 11) is 0. The van der Waals surface area contributed by atoms with Crippen LogP contribution in [0, 0.1) is 0 Å². The molecule has 148 valence electrons. The van der Waals surface area contributed by atoms with Crippen molar-refractivity contribution in [3.05, 3.63) is 59.8 Å². The van der Waals surface area contributed by atoms with Crippen LogP contribution in [0.3, 0.4) is 0 Å². The fourth-order valence-electron chi connectivity index (χ4n) is 4.22. The highest BCUT2D eigenvalue weighted by Gasteiger charge is 2.20. The lowest BCUT2D eigenvalue weighted by atomic mass is 9.95. The molecule has 5 heteroatoms. The Hall–Kier alpha value is -2.40. The number of anilines is 1. The fraction of sp³-hybridized carbons (Fsp3) is 0.478. The summed E-state index contributed by atoms with van der Waals surface area (Å²) in [6.07, 6.45) is 7.71. The van der Waals surface area contributed by atoms with Gasteiger partial charge in [-0.15, -0.1) is 0 Å². The highest BCUT2D eigenvalue weighted by Crippen LogP contribution is 2.19. The highest BCUT2D eigenvalue weighted by atomic mass is 16.1. The molecule has 1 saturated carbocycles. The summed E-state index contributed by atoms with van der Waals surface area (Å²) in [6.45, 7) is 4.89. The van der Waals surface area contributed by atoms with Crippen molar-refractivity contribution in [2.45, 2.75) is 44.7 Å². The van der Waals surface area contributed by atoms with Crippen molar-refractivity contribution < 1.29 is 4.79 Å². The van der Waals surface area contributed by atoms with E-state index in [2.05, 4.69) is 50.4 Å². The Morgan fingerprint density at radius 2 is 1.75 bits per heavy atom. The predicted molar refractivity (Wildman–Crippen MR) is 113 cm³/mol. The molecule has 28 heavy (non-hydrogen) atoms. The van der Waals surface area contributed by atoms with Crippen molar-refractivity contribution in [2.75, 3.05) is 31.1 Å². The lowest BCUT2D eigenvalue weighted by molar-refractivity contribution is 0.0927. The molecular weight excluding hydrogens is 348 g/mol. The van der Waals surface area contributed by atoms with Gasteiger partial charge in [-0.3, -0.25) is 9.69 Å². The van der Waals surface area contributed by atoms with E-state index in [4.69, 9.17) is 0 Å². The highest BCUT2D eigenvalue weighted by molar-refractivity contribution is 5.95. The van der Waals surface area contributed by atoms with Crippen LogP contribution in [0.4, 0.5) is 5.82 Å². The van der Waals surface area contributed by atoms with Gasteiger partial charge in [0.15, 0.2) is 0 Å². The van der Waals surface area contributed by atoms with Crippen LogP contribution < -0.4 is 10.2 Å². The first-order valence-corrected chi connectivity index (χ1v) is 10.6. The molecule has 1 amide bonds. The topological polar surface area (TPSA) is 48.5 Å². The zero-order chi connectivity index (χ0) is 19.2. The molecule has 0 bridgehead atoms. The zero-order valence-corrected chi connectivity index (χ0v) is 16.5. The van der Waals surface area contributed by atoms with E-state index in [0.717, 1.165) is 56.9 Å². The molecular formula is C23H30N4O. The first-order chi connectivity index (χ1) is 13.8. The van der Waals surface area contributed by atoms with Crippen LogP contribution in [0.5, 0.6) is 0 Å². The SMILES string of the molecule is O=C(NC1CCCCC1)c1ccnc(N2CCN(Cc3ccccc3)CC2)c1. The van der Waals surface area contributed by atoms with E-state index in [1.165, 1.54) is 24.8 Å². The minimum absolute atomic E-state index is 0.0401. The maximum Gasteiger partial charge on any atom is 0.251 e. The summed E-state index contributed by atoms with van der Waals surface area (Å²) in [6, 6.07) is 14.7. The average Bonchev–Trinajstić information content (AvgIpc) is 2.76. The Bertz CT molecular complexity index is 765. The van der Waals surface area contributed by atoms with E-state index < -0.39 is 0 Å². The monoisotopic (exact) mass is 378 g/mol. The van der Waals surface area contributed by atoms with Crippen LogP contribution in [0.25, 0.3) is 0 Å². The maximum absolute atomic E-state index is 12.6. The van der Waals surface area contributed by atoms with Crippen molar-refractivity contribution in [3.8, 4) is 0 Å². The third-order valence-electron chi connectivity index (χ3n) is 5.89. The van der Waals surface area contributed by atoms with Gasteiger partial charge in [-0.2, -0.15) is 0 Å². The van der Waals surface area contributed by atoms with Crippen LogP contribution in [0.15, 0.2) is 48.7 Å². The molecule has 1 saturated heterocycles. The number of nitrogens with zero attached hydrogens (tertiary/aromatic N) is 3. The molecule has 1 aromatic carbocycles. The van der Waals surface area contributed by atoms with E-state index in [1.54, 1.807) is 6.20 Å². The van der Waals surface area contributed by atoms with Crippen molar-refractivity contribution in [3.63, 3.8) is 0 Å². The lowest BCUT2D eigenvalue weighted by Gasteiger charge is -2.35. The van der Waals surface area contributed by atoms with Gasteiger partial charge in [-0.25, -0.2) is 4.98 Å². The summed E-state index contributed by atoms with van der Waals surface area (Å²) < 4.78 is 0. The van der Waals surface area contributed by atoms with Gasteiger partial charge in [0.25, 0.3) is 5.91 Å². The first-order valence-electron chi connectivity index (χ1n) is 10.6. The lowest BCUT2D eigenvalue weighted by Crippen LogP contribution is -2.46. The summed E-state index contributed by atoms with van der Waals surface area (Å²) in [5.74, 6) is 0.953. The van der Waals surface area contributed by atoms with Gasteiger partial charge in [0.05, 0.1) is 0 Å². The normalized spacial score (nSPS) is 18.8. The number of rotatable bonds is 5. The molecule has 1 N–H and O–H groups in total. The van der Waals surface area contributed by atoms with Gasteiger partial charge >= 0.3 is 0 Å². The first kappa shape index (κ1) is 18.9. The van der Waals surface area contributed by atoms with E-state index in [0.29, 0.717) is 6.04 Å². The largest absolute Gasteiger partial charge is 0.354 e. The van der Waals surface area contributed by atoms with Crippen molar-refractivity contribution in [1.29, 1.82) is 0 Å². The number of pyridine rings is 1. The Labute approximate surface area is 167 Å². The van der Waals surface area contributed by atoms with Gasteiger partial charge in [-0.05, 0) is 30.5 Å². The molecule has 1 aliphatic carbocycles. The molecule has 1 aromatic heterocycles. The molecule has 5 nitrogen and oxygen atoms in total.